The highest BCUT2D eigenvalue weighted by atomic mass is 16.3. The highest BCUT2D eigenvalue weighted by molar-refractivity contribution is 5.94. The van der Waals surface area contributed by atoms with E-state index in [1.165, 1.54) is 16.5 Å². The summed E-state index contributed by atoms with van der Waals surface area (Å²) >= 11 is 0. The third-order valence-electron chi connectivity index (χ3n) is 5.56. The molecule has 6 heteroatoms. The maximum absolute atomic E-state index is 12.3. The lowest BCUT2D eigenvalue weighted by atomic mass is 10.00. The summed E-state index contributed by atoms with van der Waals surface area (Å²) in [5.41, 5.74) is 3.09. The Labute approximate surface area is 164 Å². The summed E-state index contributed by atoms with van der Waals surface area (Å²) in [6, 6.07) is 11.7. The zero-order valence-corrected chi connectivity index (χ0v) is 16.1. The van der Waals surface area contributed by atoms with Crippen molar-refractivity contribution >= 4 is 16.8 Å². The largest absolute Gasteiger partial charge is 0.390 e. The number of hydrogen-bond acceptors (Lipinski definition) is 4. The number of aliphatic hydroxyl groups excluding tert-OH is 1. The SMILES string of the molecule is CCn1ccc2c(CN3CCC(NC(=O)c4ccncc4)C(O)C3)cccc21. The van der Waals surface area contributed by atoms with Crippen molar-refractivity contribution in [2.45, 2.75) is 38.6 Å². The Balaban J connectivity index is 1.39. The minimum atomic E-state index is -0.584. The molecule has 6 nitrogen and oxygen atoms in total. The second kappa shape index (κ2) is 8.12. The molecule has 4 rings (SSSR count). The number of aromatic nitrogens is 2. The van der Waals surface area contributed by atoms with E-state index in [9.17, 15) is 9.90 Å². The summed E-state index contributed by atoms with van der Waals surface area (Å²) in [7, 11) is 0. The van der Waals surface area contributed by atoms with Gasteiger partial charge in [0.15, 0.2) is 0 Å². The molecule has 1 aromatic carbocycles. The smallest absolute Gasteiger partial charge is 0.251 e. The topological polar surface area (TPSA) is 70.4 Å². The van der Waals surface area contributed by atoms with Crippen LogP contribution < -0.4 is 5.32 Å². The third kappa shape index (κ3) is 3.79. The molecule has 0 aliphatic carbocycles. The number of benzene rings is 1. The molecule has 0 spiro atoms. The summed E-state index contributed by atoms with van der Waals surface area (Å²) in [5.74, 6) is -0.162. The van der Waals surface area contributed by atoms with E-state index in [1.807, 2.05) is 0 Å². The molecule has 28 heavy (non-hydrogen) atoms. The average molecular weight is 378 g/mol. The summed E-state index contributed by atoms with van der Waals surface area (Å²) < 4.78 is 2.24. The van der Waals surface area contributed by atoms with Gasteiger partial charge in [0.25, 0.3) is 5.91 Å². The standard InChI is InChI=1S/C22H26N4O2/c1-2-26-13-8-18-17(4-3-5-20(18)26)14-25-12-9-19(21(27)15-25)24-22(28)16-6-10-23-11-7-16/h3-8,10-11,13,19,21,27H,2,9,12,14-15H2,1H3,(H,24,28). The van der Waals surface area contributed by atoms with Crippen LogP contribution >= 0.6 is 0 Å². The van der Waals surface area contributed by atoms with E-state index in [1.54, 1.807) is 24.5 Å². The number of hydrogen-bond donors (Lipinski definition) is 2. The fourth-order valence-corrected chi connectivity index (χ4v) is 4.01. The van der Waals surface area contributed by atoms with Crippen LogP contribution in [0.15, 0.2) is 55.0 Å². The molecule has 1 fully saturated rings. The van der Waals surface area contributed by atoms with Gasteiger partial charge in [-0.3, -0.25) is 14.7 Å². The first-order valence-electron chi connectivity index (χ1n) is 9.83. The molecular weight excluding hydrogens is 352 g/mol. The Morgan fingerprint density at radius 1 is 1.25 bits per heavy atom. The van der Waals surface area contributed by atoms with E-state index in [4.69, 9.17) is 0 Å². The molecule has 2 atom stereocenters. The molecule has 2 aromatic heterocycles. The van der Waals surface area contributed by atoms with Gasteiger partial charge in [-0.25, -0.2) is 0 Å². The van der Waals surface area contributed by atoms with Gasteiger partial charge in [-0.05, 0) is 43.2 Å². The number of amides is 1. The molecule has 3 heterocycles. The summed E-state index contributed by atoms with van der Waals surface area (Å²) in [5, 5.41) is 14.8. The molecule has 3 aromatic rings. The Hall–Kier alpha value is -2.70. The number of nitrogens with zero attached hydrogens (tertiary/aromatic N) is 3. The molecule has 1 aliphatic rings. The van der Waals surface area contributed by atoms with Crippen molar-refractivity contribution in [3.8, 4) is 0 Å². The Kier molecular flexibility index (Phi) is 5.41. The van der Waals surface area contributed by atoms with Gasteiger partial charge in [0.05, 0.1) is 12.1 Å². The normalized spacial score (nSPS) is 20.4. The molecule has 2 N–H and O–H groups in total. The minimum Gasteiger partial charge on any atom is -0.390 e. The predicted octanol–water partition coefficient (Wildman–Crippen LogP) is 2.42. The van der Waals surface area contributed by atoms with E-state index < -0.39 is 6.10 Å². The van der Waals surface area contributed by atoms with Crippen molar-refractivity contribution in [2.24, 2.45) is 0 Å². The number of piperidine rings is 1. The Morgan fingerprint density at radius 3 is 2.82 bits per heavy atom. The summed E-state index contributed by atoms with van der Waals surface area (Å²) in [4.78, 5) is 18.5. The van der Waals surface area contributed by atoms with Crippen LogP contribution in [0.5, 0.6) is 0 Å². The van der Waals surface area contributed by atoms with Gasteiger partial charge >= 0.3 is 0 Å². The zero-order chi connectivity index (χ0) is 19.5. The molecular formula is C22H26N4O2. The van der Waals surface area contributed by atoms with Crippen LogP contribution in [0.4, 0.5) is 0 Å². The average Bonchev–Trinajstić information content (AvgIpc) is 3.15. The first kappa shape index (κ1) is 18.7. The van der Waals surface area contributed by atoms with Gasteiger partial charge in [0.2, 0.25) is 0 Å². The monoisotopic (exact) mass is 378 g/mol. The fourth-order valence-electron chi connectivity index (χ4n) is 4.01. The third-order valence-corrected chi connectivity index (χ3v) is 5.56. The predicted molar refractivity (Wildman–Crippen MR) is 109 cm³/mol. The van der Waals surface area contributed by atoms with Gasteiger partial charge in [0, 0.05) is 61.2 Å². The summed E-state index contributed by atoms with van der Waals surface area (Å²) in [6.07, 6.45) is 5.47. The highest BCUT2D eigenvalue weighted by Crippen LogP contribution is 2.23. The van der Waals surface area contributed by atoms with Crippen LogP contribution in [0, 0.1) is 0 Å². The fraction of sp³-hybridized carbons (Fsp3) is 0.364. The number of aliphatic hydroxyl groups is 1. The zero-order valence-electron chi connectivity index (χ0n) is 16.1. The van der Waals surface area contributed by atoms with E-state index >= 15 is 0 Å². The minimum absolute atomic E-state index is 0.162. The van der Waals surface area contributed by atoms with Crippen molar-refractivity contribution in [1.29, 1.82) is 0 Å². The molecule has 1 saturated heterocycles. The number of fused-ring (bicyclic) bond motifs is 1. The maximum atomic E-state index is 12.3. The highest BCUT2D eigenvalue weighted by Gasteiger charge is 2.29. The van der Waals surface area contributed by atoms with Crippen LogP contribution in [0.2, 0.25) is 0 Å². The Morgan fingerprint density at radius 2 is 2.07 bits per heavy atom. The van der Waals surface area contributed by atoms with Crippen LogP contribution in [-0.4, -0.2) is 50.7 Å². The Bertz CT molecular complexity index is 954. The van der Waals surface area contributed by atoms with Gasteiger partial charge < -0.3 is 15.0 Å². The van der Waals surface area contributed by atoms with Gasteiger partial charge in [-0.15, -0.1) is 0 Å². The molecule has 0 radical (unpaired) electrons. The lowest BCUT2D eigenvalue weighted by molar-refractivity contribution is 0.0351. The van der Waals surface area contributed by atoms with Gasteiger partial charge in [-0.2, -0.15) is 0 Å². The number of pyridine rings is 1. The first-order chi connectivity index (χ1) is 13.7. The number of aryl methyl sites for hydroxylation is 1. The van der Waals surface area contributed by atoms with Crippen LogP contribution in [0.3, 0.4) is 0 Å². The lowest BCUT2D eigenvalue weighted by Gasteiger charge is -2.36. The van der Waals surface area contributed by atoms with E-state index in [0.29, 0.717) is 12.1 Å². The maximum Gasteiger partial charge on any atom is 0.251 e. The molecule has 146 valence electrons. The van der Waals surface area contributed by atoms with E-state index in [-0.39, 0.29) is 11.9 Å². The quantitative estimate of drug-likeness (QED) is 0.715. The van der Waals surface area contributed by atoms with E-state index in [0.717, 1.165) is 26.1 Å². The van der Waals surface area contributed by atoms with Crippen molar-refractivity contribution < 1.29 is 9.90 Å². The van der Waals surface area contributed by atoms with Crippen LogP contribution in [-0.2, 0) is 13.1 Å². The number of likely N-dealkylation sites (tertiary alicyclic amines) is 1. The second-order valence-corrected chi connectivity index (χ2v) is 7.36. The molecule has 0 bridgehead atoms. The van der Waals surface area contributed by atoms with Gasteiger partial charge in [0.1, 0.15) is 0 Å². The van der Waals surface area contributed by atoms with Crippen molar-refractivity contribution in [2.75, 3.05) is 13.1 Å². The van der Waals surface area contributed by atoms with Crippen LogP contribution in [0.1, 0.15) is 29.3 Å². The van der Waals surface area contributed by atoms with Crippen molar-refractivity contribution in [3.63, 3.8) is 0 Å². The first-order valence-corrected chi connectivity index (χ1v) is 9.83. The van der Waals surface area contributed by atoms with Crippen LogP contribution in [0.25, 0.3) is 10.9 Å². The van der Waals surface area contributed by atoms with Crippen molar-refractivity contribution in [1.82, 2.24) is 19.8 Å². The molecule has 1 amide bonds. The number of rotatable bonds is 5. The van der Waals surface area contributed by atoms with Gasteiger partial charge in [-0.1, -0.05) is 12.1 Å². The number of carbonyl (C=O) groups is 1. The molecule has 0 saturated carbocycles. The molecule has 2 unspecified atom stereocenters. The lowest BCUT2D eigenvalue weighted by Crippen LogP contribution is -2.53. The molecule has 1 aliphatic heterocycles. The second-order valence-electron chi connectivity index (χ2n) is 7.36. The number of β-amino-alcohol motifs (C(OH)–C–C–N with tert-alkyl or cyclic N) is 1. The number of carbonyl (C=O) groups excluding carboxylic acids is 1. The van der Waals surface area contributed by atoms with Crippen molar-refractivity contribution in [3.05, 3.63) is 66.1 Å². The summed E-state index contributed by atoms with van der Waals surface area (Å²) in [6.45, 7) is 5.28. The van der Waals surface area contributed by atoms with E-state index in [2.05, 4.69) is 57.2 Å². The number of nitrogens with one attached hydrogen (secondary N) is 1.